The molecule has 0 N–H and O–H groups in total. The summed E-state index contributed by atoms with van der Waals surface area (Å²) in [5.41, 5.74) is 0. The van der Waals surface area contributed by atoms with Crippen molar-refractivity contribution in [2.75, 3.05) is 13.1 Å². The lowest BCUT2D eigenvalue weighted by molar-refractivity contribution is 0.144. The predicted molar refractivity (Wildman–Crippen MR) is 78.1 cm³/mol. The van der Waals surface area contributed by atoms with Gasteiger partial charge in [0.2, 0.25) is 10.0 Å². The maximum absolute atomic E-state index is 12.7. The van der Waals surface area contributed by atoms with Crippen LogP contribution < -0.4 is 0 Å². The fraction of sp³-hybridized carbons (Fsp3) is 0.692. The van der Waals surface area contributed by atoms with Gasteiger partial charge in [0.25, 0.3) is 0 Å². The highest BCUT2D eigenvalue weighted by Crippen LogP contribution is 2.37. The molecule has 3 rings (SSSR count). The minimum atomic E-state index is -3.34. The van der Waals surface area contributed by atoms with Gasteiger partial charge in [-0.2, -0.15) is 4.31 Å². The molecule has 2 bridgehead atoms. The van der Waals surface area contributed by atoms with Crippen LogP contribution in [0.1, 0.15) is 30.6 Å². The molecular weight excluding hydrogens is 302 g/mol. The van der Waals surface area contributed by atoms with E-state index in [1.54, 1.807) is 10.4 Å². The van der Waals surface area contributed by atoms with Crippen molar-refractivity contribution >= 4 is 33.0 Å². The van der Waals surface area contributed by atoms with Crippen molar-refractivity contribution in [1.29, 1.82) is 0 Å². The van der Waals surface area contributed by atoms with E-state index in [1.165, 1.54) is 37.0 Å². The molecule has 2 atom stereocenters. The number of piperidine rings is 1. The van der Waals surface area contributed by atoms with Crippen LogP contribution in [0.5, 0.6) is 0 Å². The summed E-state index contributed by atoms with van der Waals surface area (Å²) in [5.74, 6) is 1.38. The molecule has 19 heavy (non-hydrogen) atoms. The Morgan fingerprint density at radius 2 is 2.00 bits per heavy atom. The standard InChI is InChI=1S/C13H18ClNO2S2/c14-7-12-13(4-5-18-12)19(16,17)15-8-10-2-1-3-11(6-10)9-15/h4-5,10-11H,1-3,6-9H2. The zero-order valence-electron chi connectivity index (χ0n) is 10.7. The van der Waals surface area contributed by atoms with E-state index in [4.69, 9.17) is 11.6 Å². The van der Waals surface area contributed by atoms with Crippen LogP contribution in [0.4, 0.5) is 0 Å². The van der Waals surface area contributed by atoms with E-state index in [-0.39, 0.29) is 5.88 Å². The molecule has 1 aromatic heterocycles. The van der Waals surface area contributed by atoms with Crippen molar-refractivity contribution < 1.29 is 8.42 Å². The number of alkyl halides is 1. The van der Waals surface area contributed by atoms with Gasteiger partial charge >= 0.3 is 0 Å². The second-order valence-corrected chi connectivity index (χ2v) is 8.74. The smallest absolute Gasteiger partial charge is 0.207 e. The van der Waals surface area contributed by atoms with Gasteiger partial charge in [-0.1, -0.05) is 6.42 Å². The summed E-state index contributed by atoms with van der Waals surface area (Å²) in [4.78, 5) is 1.19. The number of hydrogen-bond acceptors (Lipinski definition) is 3. The third-order valence-corrected chi connectivity index (χ3v) is 7.65. The van der Waals surface area contributed by atoms with Crippen molar-refractivity contribution in [2.24, 2.45) is 11.8 Å². The van der Waals surface area contributed by atoms with Crippen LogP contribution in [0.15, 0.2) is 16.3 Å². The second kappa shape index (κ2) is 5.35. The first kappa shape index (κ1) is 13.9. The fourth-order valence-electron chi connectivity index (χ4n) is 3.38. The number of thiophene rings is 1. The van der Waals surface area contributed by atoms with Gasteiger partial charge in [-0.25, -0.2) is 8.42 Å². The number of fused-ring (bicyclic) bond motifs is 2. The lowest BCUT2D eigenvalue weighted by Gasteiger charge is -2.40. The predicted octanol–water partition coefficient (Wildman–Crippen LogP) is 3.30. The van der Waals surface area contributed by atoms with Crippen molar-refractivity contribution in [1.82, 2.24) is 4.31 Å². The average Bonchev–Trinajstić information content (AvgIpc) is 2.87. The summed E-state index contributed by atoms with van der Waals surface area (Å²) in [6.45, 7) is 1.38. The van der Waals surface area contributed by atoms with Crippen molar-refractivity contribution in [3.05, 3.63) is 16.3 Å². The molecule has 1 aliphatic heterocycles. The minimum Gasteiger partial charge on any atom is -0.207 e. The molecule has 2 aliphatic rings. The summed E-state index contributed by atoms with van der Waals surface area (Å²) in [6.07, 6.45) is 4.82. The Kier molecular flexibility index (Phi) is 3.91. The Bertz CT molecular complexity index is 543. The van der Waals surface area contributed by atoms with Gasteiger partial charge in [-0.3, -0.25) is 0 Å². The quantitative estimate of drug-likeness (QED) is 0.802. The van der Waals surface area contributed by atoms with E-state index in [9.17, 15) is 8.42 Å². The van der Waals surface area contributed by atoms with Crippen LogP contribution in [0, 0.1) is 11.8 Å². The van der Waals surface area contributed by atoms with Crippen LogP contribution in [-0.2, 0) is 15.9 Å². The SMILES string of the molecule is O=S(=O)(c1ccsc1CCl)N1CC2CCCC(C2)C1. The monoisotopic (exact) mass is 319 g/mol. The molecule has 106 valence electrons. The van der Waals surface area contributed by atoms with E-state index in [0.29, 0.717) is 29.8 Å². The molecule has 1 saturated carbocycles. The Labute approximate surface area is 123 Å². The van der Waals surface area contributed by atoms with Gasteiger partial charge in [-0.15, -0.1) is 22.9 Å². The van der Waals surface area contributed by atoms with E-state index >= 15 is 0 Å². The van der Waals surface area contributed by atoms with Crippen molar-refractivity contribution in [3.8, 4) is 0 Å². The lowest BCUT2D eigenvalue weighted by Crippen LogP contribution is -2.45. The van der Waals surface area contributed by atoms with Gasteiger partial charge < -0.3 is 0 Å². The van der Waals surface area contributed by atoms with Crippen LogP contribution in [0.2, 0.25) is 0 Å². The van der Waals surface area contributed by atoms with Gasteiger partial charge in [-0.05, 0) is 42.5 Å². The molecule has 6 heteroatoms. The first-order valence-corrected chi connectivity index (χ1v) is 9.59. The fourth-order valence-corrected chi connectivity index (χ4v) is 6.64. The molecule has 1 aromatic rings. The van der Waals surface area contributed by atoms with Crippen molar-refractivity contribution in [2.45, 2.75) is 36.5 Å². The highest BCUT2D eigenvalue weighted by molar-refractivity contribution is 7.89. The van der Waals surface area contributed by atoms with Crippen LogP contribution in [-0.4, -0.2) is 25.8 Å². The Morgan fingerprint density at radius 1 is 1.32 bits per heavy atom. The molecule has 1 aliphatic carbocycles. The van der Waals surface area contributed by atoms with Gasteiger partial charge in [0.05, 0.1) is 10.8 Å². The lowest BCUT2D eigenvalue weighted by atomic mass is 9.79. The Balaban J connectivity index is 1.88. The molecule has 0 spiro atoms. The normalized spacial score (nSPS) is 28.5. The maximum Gasteiger partial charge on any atom is 0.244 e. The summed E-state index contributed by atoms with van der Waals surface area (Å²) < 4.78 is 27.2. The largest absolute Gasteiger partial charge is 0.244 e. The zero-order valence-corrected chi connectivity index (χ0v) is 13.1. The Hall–Kier alpha value is -0.100. The first-order valence-electron chi connectivity index (χ1n) is 6.73. The highest BCUT2D eigenvalue weighted by atomic mass is 35.5. The summed E-state index contributed by atoms with van der Waals surface area (Å²) >= 11 is 7.27. The van der Waals surface area contributed by atoms with E-state index < -0.39 is 10.0 Å². The van der Waals surface area contributed by atoms with Crippen LogP contribution >= 0.6 is 22.9 Å². The number of sulfonamides is 1. The molecule has 0 radical (unpaired) electrons. The van der Waals surface area contributed by atoms with Crippen molar-refractivity contribution in [3.63, 3.8) is 0 Å². The van der Waals surface area contributed by atoms with Gasteiger partial charge in [0, 0.05) is 18.0 Å². The Morgan fingerprint density at radius 3 is 2.63 bits per heavy atom. The average molecular weight is 320 g/mol. The molecule has 1 saturated heterocycles. The molecule has 3 nitrogen and oxygen atoms in total. The summed E-state index contributed by atoms with van der Waals surface area (Å²) in [6, 6.07) is 1.70. The summed E-state index contributed by atoms with van der Waals surface area (Å²) in [7, 11) is -3.34. The molecule has 0 amide bonds. The second-order valence-electron chi connectivity index (χ2n) is 5.56. The first-order chi connectivity index (χ1) is 9.11. The molecule has 2 unspecified atom stereocenters. The number of halogens is 1. The van der Waals surface area contributed by atoms with Gasteiger partial charge in [0.1, 0.15) is 0 Å². The summed E-state index contributed by atoms with van der Waals surface area (Å²) in [5, 5.41) is 1.81. The van der Waals surface area contributed by atoms with Gasteiger partial charge in [0.15, 0.2) is 0 Å². The minimum absolute atomic E-state index is 0.271. The number of rotatable bonds is 3. The molecule has 0 aromatic carbocycles. The number of hydrogen-bond donors (Lipinski definition) is 0. The number of nitrogens with zero attached hydrogens (tertiary/aromatic N) is 1. The molecule has 2 fully saturated rings. The third-order valence-electron chi connectivity index (χ3n) is 4.26. The maximum atomic E-state index is 12.7. The zero-order chi connectivity index (χ0) is 13.5. The van der Waals surface area contributed by atoms with Crippen LogP contribution in [0.25, 0.3) is 0 Å². The van der Waals surface area contributed by atoms with E-state index in [2.05, 4.69) is 0 Å². The highest BCUT2D eigenvalue weighted by Gasteiger charge is 2.37. The van der Waals surface area contributed by atoms with E-state index in [0.717, 1.165) is 4.88 Å². The molecular formula is C13H18ClNO2S2. The molecule has 2 heterocycles. The topological polar surface area (TPSA) is 37.4 Å². The van der Waals surface area contributed by atoms with Crippen LogP contribution in [0.3, 0.4) is 0 Å². The third kappa shape index (κ3) is 2.58. The van der Waals surface area contributed by atoms with E-state index in [1.807, 2.05) is 5.38 Å².